The van der Waals surface area contributed by atoms with Crippen molar-refractivity contribution in [2.24, 2.45) is 0 Å². The van der Waals surface area contributed by atoms with Gasteiger partial charge in [-0.15, -0.1) is 0 Å². The van der Waals surface area contributed by atoms with Crippen LogP contribution in [0.5, 0.6) is 5.75 Å². The van der Waals surface area contributed by atoms with Crippen molar-refractivity contribution in [3.63, 3.8) is 0 Å². The van der Waals surface area contributed by atoms with Crippen molar-refractivity contribution in [2.45, 2.75) is 45.6 Å². The van der Waals surface area contributed by atoms with Crippen LogP contribution in [0.1, 0.15) is 31.9 Å². The lowest BCUT2D eigenvalue weighted by atomic mass is 10.1. The summed E-state index contributed by atoms with van der Waals surface area (Å²) in [5.41, 5.74) is 1.06. The zero-order valence-electron chi connectivity index (χ0n) is 12.7. The Bertz CT molecular complexity index is 564. The molecule has 0 bridgehead atoms. The Balaban J connectivity index is 2.01. The van der Waals surface area contributed by atoms with Gasteiger partial charge in [-0.1, -0.05) is 6.07 Å². The van der Waals surface area contributed by atoms with Gasteiger partial charge in [0.25, 0.3) is 0 Å². The third kappa shape index (κ3) is 4.54. The van der Waals surface area contributed by atoms with Crippen LogP contribution in [0.2, 0.25) is 0 Å². The monoisotopic (exact) mass is 317 g/mol. The van der Waals surface area contributed by atoms with E-state index in [4.69, 9.17) is 9.47 Å². The van der Waals surface area contributed by atoms with Crippen LogP contribution in [0, 0.1) is 0 Å². The normalized spacial score (nSPS) is 14.7. The van der Waals surface area contributed by atoms with E-state index in [0.717, 1.165) is 11.1 Å². The number of rotatable bonds is 2. The first kappa shape index (κ1) is 16.5. The molecule has 1 aliphatic heterocycles. The number of alkyl halides is 3. The van der Waals surface area contributed by atoms with E-state index in [0.29, 0.717) is 13.1 Å². The molecule has 122 valence electrons. The van der Waals surface area contributed by atoms with E-state index < -0.39 is 24.5 Å². The summed E-state index contributed by atoms with van der Waals surface area (Å²) in [4.78, 5) is 13.5. The van der Waals surface area contributed by atoms with Gasteiger partial charge >= 0.3 is 12.3 Å². The first-order valence-corrected chi connectivity index (χ1v) is 6.83. The largest absolute Gasteiger partial charge is 0.484 e. The summed E-state index contributed by atoms with van der Waals surface area (Å²) >= 11 is 0. The highest BCUT2D eigenvalue weighted by atomic mass is 19.4. The Morgan fingerprint density at radius 2 is 1.82 bits per heavy atom. The quantitative estimate of drug-likeness (QED) is 0.831. The third-order valence-corrected chi connectivity index (χ3v) is 2.95. The smallest absolute Gasteiger partial charge is 0.422 e. The maximum Gasteiger partial charge on any atom is 0.422 e. The van der Waals surface area contributed by atoms with Gasteiger partial charge in [-0.25, -0.2) is 4.79 Å². The summed E-state index contributed by atoms with van der Waals surface area (Å²) in [7, 11) is 0. The molecule has 1 heterocycles. The lowest BCUT2D eigenvalue weighted by Crippen LogP contribution is -2.33. The number of benzene rings is 1. The number of halogens is 3. The fourth-order valence-corrected chi connectivity index (χ4v) is 2.08. The minimum absolute atomic E-state index is 0.141. The van der Waals surface area contributed by atoms with Crippen LogP contribution in [-0.2, 0) is 17.8 Å². The number of ether oxygens (including phenoxy) is 2. The predicted molar refractivity (Wildman–Crippen MR) is 73.5 cm³/mol. The Morgan fingerprint density at radius 1 is 1.18 bits per heavy atom. The van der Waals surface area contributed by atoms with Gasteiger partial charge in [0.1, 0.15) is 11.4 Å². The molecule has 1 amide bonds. The van der Waals surface area contributed by atoms with E-state index in [1.807, 2.05) is 0 Å². The van der Waals surface area contributed by atoms with E-state index in [1.54, 1.807) is 26.8 Å². The molecule has 4 nitrogen and oxygen atoms in total. The molecule has 0 fully saturated rings. The molecule has 0 aromatic heterocycles. The number of carbonyl (C=O) groups is 1. The van der Waals surface area contributed by atoms with Gasteiger partial charge in [0, 0.05) is 13.1 Å². The fraction of sp³-hybridized carbons (Fsp3) is 0.533. The second-order valence-electron chi connectivity index (χ2n) is 6.17. The van der Waals surface area contributed by atoms with Crippen molar-refractivity contribution in [3.05, 3.63) is 29.3 Å². The highest BCUT2D eigenvalue weighted by Gasteiger charge is 2.30. The van der Waals surface area contributed by atoms with Crippen molar-refractivity contribution < 1.29 is 27.4 Å². The molecule has 1 aromatic rings. The van der Waals surface area contributed by atoms with Gasteiger partial charge < -0.3 is 9.47 Å². The molecule has 0 unspecified atom stereocenters. The molecular formula is C15H18F3NO3. The topological polar surface area (TPSA) is 38.8 Å². The van der Waals surface area contributed by atoms with E-state index in [9.17, 15) is 18.0 Å². The van der Waals surface area contributed by atoms with Crippen molar-refractivity contribution in [2.75, 3.05) is 6.61 Å². The highest BCUT2D eigenvalue weighted by Crippen LogP contribution is 2.28. The molecule has 1 aliphatic rings. The number of hydrogen-bond acceptors (Lipinski definition) is 3. The molecule has 22 heavy (non-hydrogen) atoms. The minimum atomic E-state index is -4.37. The Labute approximate surface area is 126 Å². The molecule has 0 atom stereocenters. The fourth-order valence-electron chi connectivity index (χ4n) is 2.08. The van der Waals surface area contributed by atoms with Crippen LogP contribution in [0.4, 0.5) is 18.0 Å². The van der Waals surface area contributed by atoms with Gasteiger partial charge in [0.05, 0.1) is 0 Å². The van der Waals surface area contributed by atoms with E-state index >= 15 is 0 Å². The molecular weight excluding hydrogens is 299 g/mol. The van der Waals surface area contributed by atoms with Gasteiger partial charge in [0.15, 0.2) is 6.61 Å². The molecule has 0 saturated carbocycles. The lowest BCUT2D eigenvalue weighted by molar-refractivity contribution is -0.153. The average Bonchev–Trinajstić information content (AvgIpc) is 2.76. The van der Waals surface area contributed by atoms with Crippen LogP contribution in [0.3, 0.4) is 0 Å². The number of fused-ring (bicyclic) bond motifs is 1. The lowest BCUT2D eigenvalue weighted by Gasteiger charge is -2.24. The number of carbonyl (C=O) groups excluding carboxylic acids is 1. The average molecular weight is 317 g/mol. The van der Waals surface area contributed by atoms with E-state index in [1.165, 1.54) is 17.0 Å². The molecule has 0 radical (unpaired) electrons. The zero-order valence-corrected chi connectivity index (χ0v) is 12.7. The van der Waals surface area contributed by atoms with Gasteiger partial charge in [0.2, 0.25) is 0 Å². The predicted octanol–water partition coefficient (Wildman–Crippen LogP) is 3.88. The number of amides is 1. The zero-order chi connectivity index (χ0) is 16.5. The van der Waals surface area contributed by atoms with Crippen molar-refractivity contribution >= 4 is 6.09 Å². The first-order chi connectivity index (χ1) is 10.0. The Hall–Kier alpha value is -1.92. The maximum absolute atomic E-state index is 12.1. The van der Waals surface area contributed by atoms with Crippen molar-refractivity contribution in [1.82, 2.24) is 4.90 Å². The number of nitrogens with zero attached hydrogens (tertiary/aromatic N) is 1. The van der Waals surface area contributed by atoms with Crippen LogP contribution in [0.15, 0.2) is 18.2 Å². The molecule has 0 saturated heterocycles. The maximum atomic E-state index is 12.1. The molecule has 0 aliphatic carbocycles. The second kappa shape index (κ2) is 5.70. The Morgan fingerprint density at radius 3 is 2.41 bits per heavy atom. The minimum Gasteiger partial charge on any atom is -0.484 e. The summed E-state index contributed by atoms with van der Waals surface area (Å²) in [6.45, 7) is 4.67. The number of hydrogen-bond donors (Lipinski definition) is 0. The summed E-state index contributed by atoms with van der Waals surface area (Å²) in [6, 6.07) is 4.68. The first-order valence-electron chi connectivity index (χ1n) is 6.83. The molecule has 2 rings (SSSR count). The molecule has 0 N–H and O–H groups in total. The summed E-state index contributed by atoms with van der Waals surface area (Å²) in [6.07, 6.45) is -4.82. The van der Waals surface area contributed by atoms with Crippen LogP contribution < -0.4 is 4.74 Å². The standard InChI is InChI=1S/C15H18F3NO3/c1-14(2,3)22-13(20)19-7-10-4-5-12(6-11(10)8-19)21-9-15(16,17)18/h4-6H,7-9H2,1-3H3. The van der Waals surface area contributed by atoms with E-state index in [-0.39, 0.29) is 5.75 Å². The summed E-state index contributed by atoms with van der Waals surface area (Å²) < 4.78 is 46.4. The van der Waals surface area contributed by atoms with Gasteiger partial charge in [-0.2, -0.15) is 13.2 Å². The van der Waals surface area contributed by atoms with Gasteiger partial charge in [-0.3, -0.25) is 4.90 Å². The van der Waals surface area contributed by atoms with Crippen LogP contribution in [0.25, 0.3) is 0 Å². The third-order valence-electron chi connectivity index (χ3n) is 2.95. The second-order valence-corrected chi connectivity index (χ2v) is 6.17. The molecule has 1 aromatic carbocycles. The highest BCUT2D eigenvalue weighted by molar-refractivity contribution is 5.69. The molecule has 7 heteroatoms. The summed E-state index contributed by atoms with van der Waals surface area (Å²) in [5, 5.41) is 0. The van der Waals surface area contributed by atoms with Crippen LogP contribution >= 0.6 is 0 Å². The molecule has 0 spiro atoms. The van der Waals surface area contributed by atoms with E-state index in [2.05, 4.69) is 0 Å². The summed E-state index contributed by atoms with van der Waals surface area (Å²) in [5.74, 6) is 0.141. The van der Waals surface area contributed by atoms with Crippen molar-refractivity contribution in [3.8, 4) is 5.75 Å². The van der Waals surface area contributed by atoms with Crippen molar-refractivity contribution in [1.29, 1.82) is 0 Å². The SMILES string of the molecule is CC(C)(C)OC(=O)N1Cc2ccc(OCC(F)(F)F)cc2C1. The Kier molecular flexibility index (Phi) is 4.26. The van der Waals surface area contributed by atoms with Gasteiger partial charge in [-0.05, 0) is 44.0 Å². The van der Waals surface area contributed by atoms with Crippen LogP contribution in [-0.4, -0.2) is 29.4 Å².